The highest BCUT2D eigenvalue weighted by atomic mass is 19.1. The third-order valence-corrected chi connectivity index (χ3v) is 3.61. The number of rotatable bonds is 4. The number of nitrogens with zero attached hydrogens (tertiary/aromatic N) is 1. The van der Waals surface area contributed by atoms with Crippen LogP contribution in [0.4, 0.5) is 14.9 Å². The van der Waals surface area contributed by atoms with E-state index >= 15 is 0 Å². The van der Waals surface area contributed by atoms with E-state index in [1.54, 1.807) is 20.8 Å². The highest BCUT2D eigenvalue weighted by Gasteiger charge is 2.37. The fraction of sp³-hybridized carbons (Fsp3) is 0.500. The number of ether oxygens (including phenoxy) is 2. The van der Waals surface area contributed by atoms with Crippen molar-refractivity contribution < 1.29 is 28.2 Å². The maximum absolute atomic E-state index is 13.1. The van der Waals surface area contributed by atoms with Crippen LogP contribution >= 0.6 is 0 Å². The van der Waals surface area contributed by atoms with Gasteiger partial charge in [-0.1, -0.05) is 6.07 Å². The summed E-state index contributed by atoms with van der Waals surface area (Å²) in [7, 11) is 0. The van der Waals surface area contributed by atoms with Crippen LogP contribution in [0.5, 0.6) is 0 Å². The van der Waals surface area contributed by atoms with E-state index in [9.17, 15) is 18.8 Å². The normalized spacial score (nSPS) is 16.9. The molecule has 0 unspecified atom stereocenters. The molecule has 0 spiro atoms. The van der Waals surface area contributed by atoms with Gasteiger partial charge < -0.3 is 14.8 Å². The average molecular weight is 366 g/mol. The van der Waals surface area contributed by atoms with Crippen molar-refractivity contribution in [2.24, 2.45) is 0 Å². The Bertz CT molecular complexity index is 686. The zero-order valence-electron chi connectivity index (χ0n) is 15.1. The van der Waals surface area contributed by atoms with Gasteiger partial charge in [0.15, 0.2) is 6.61 Å². The number of carbonyl (C=O) groups excluding carboxylic acids is 3. The van der Waals surface area contributed by atoms with Crippen LogP contribution in [0.25, 0.3) is 0 Å². The van der Waals surface area contributed by atoms with E-state index < -0.39 is 42.0 Å². The van der Waals surface area contributed by atoms with Crippen LogP contribution in [0.15, 0.2) is 24.3 Å². The first-order chi connectivity index (χ1) is 12.2. The lowest BCUT2D eigenvalue weighted by atomic mass is 10.2. The molecule has 1 saturated heterocycles. The molecule has 1 fully saturated rings. The molecule has 2 amide bonds. The molecule has 0 bridgehead atoms. The summed E-state index contributed by atoms with van der Waals surface area (Å²) in [6.07, 6.45) is 0.513. The van der Waals surface area contributed by atoms with Gasteiger partial charge in [-0.3, -0.25) is 9.69 Å². The van der Waals surface area contributed by atoms with Crippen LogP contribution in [-0.4, -0.2) is 47.7 Å². The van der Waals surface area contributed by atoms with Crippen molar-refractivity contribution in [3.63, 3.8) is 0 Å². The Morgan fingerprint density at radius 3 is 2.69 bits per heavy atom. The molecule has 0 aromatic heterocycles. The van der Waals surface area contributed by atoms with Gasteiger partial charge >= 0.3 is 12.1 Å². The van der Waals surface area contributed by atoms with Gasteiger partial charge in [-0.2, -0.15) is 0 Å². The first kappa shape index (κ1) is 19.7. The van der Waals surface area contributed by atoms with Crippen LogP contribution < -0.4 is 5.32 Å². The average Bonchev–Trinajstić information content (AvgIpc) is 3.01. The number of hydrogen-bond donors (Lipinski definition) is 1. The topological polar surface area (TPSA) is 84.9 Å². The third-order valence-electron chi connectivity index (χ3n) is 3.61. The Labute approximate surface area is 151 Å². The molecule has 2 rings (SSSR count). The molecule has 1 atom stereocenters. The largest absolute Gasteiger partial charge is 0.454 e. The molecular weight excluding hydrogens is 343 g/mol. The van der Waals surface area contributed by atoms with Crippen LogP contribution in [0, 0.1) is 5.82 Å². The molecule has 1 aromatic carbocycles. The van der Waals surface area contributed by atoms with E-state index in [0.29, 0.717) is 19.4 Å². The van der Waals surface area contributed by atoms with Crippen molar-refractivity contribution in [2.45, 2.75) is 45.3 Å². The summed E-state index contributed by atoms with van der Waals surface area (Å²) < 4.78 is 23.4. The number of halogens is 1. The van der Waals surface area contributed by atoms with E-state index in [2.05, 4.69) is 5.32 Å². The monoisotopic (exact) mass is 366 g/mol. The second kappa shape index (κ2) is 8.16. The molecule has 1 heterocycles. The zero-order chi connectivity index (χ0) is 19.3. The summed E-state index contributed by atoms with van der Waals surface area (Å²) in [5.74, 6) is -1.74. The number of amides is 2. The molecule has 1 aliphatic heterocycles. The van der Waals surface area contributed by atoms with Crippen LogP contribution in [0.3, 0.4) is 0 Å². The Morgan fingerprint density at radius 1 is 1.31 bits per heavy atom. The number of hydrogen-bond acceptors (Lipinski definition) is 5. The minimum atomic E-state index is -0.771. The summed E-state index contributed by atoms with van der Waals surface area (Å²) >= 11 is 0. The molecule has 8 heteroatoms. The molecule has 0 saturated carbocycles. The van der Waals surface area contributed by atoms with E-state index in [4.69, 9.17) is 9.47 Å². The van der Waals surface area contributed by atoms with Crippen LogP contribution in [-0.2, 0) is 19.1 Å². The van der Waals surface area contributed by atoms with E-state index in [1.807, 2.05) is 0 Å². The Hall–Kier alpha value is -2.64. The number of nitrogens with one attached hydrogen (secondary N) is 1. The summed E-state index contributed by atoms with van der Waals surface area (Å²) in [5, 5.41) is 2.43. The molecule has 1 aromatic rings. The first-order valence-electron chi connectivity index (χ1n) is 8.37. The van der Waals surface area contributed by atoms with E-state index in [-0.39, 0.29) is 5.69 Å². The summed E-state index contributed by atoms with van der Waals surface area (Å²) in [6, 6.07) is 4.60. The quantitative estimate of drug-likeness (QED) is 0.828. The molecule has 1 N–H and O–H groups in total. The molecule has 142 valence electrons. The van der Waals surface area contributed by atoms with Gasteiger partial charge in [0.2, 0.25) is 0 Å². The van der Waals surface area contributed by atoms with Gasteiger partial charge in [-0.05, 0) is 51.8 Å². The summed E-state index contributed by atoms with van der Waals surface area (Å²) in [5.41, 5.74) is -0.402. The maximum Gasteiger partial charge on any atom is 0.411 e. The maximum atomic E-state index is 13.1. The highest BCUT2D eigenvalue weighted by molar-refractivity contribution is 5.93. The molecule has 7 nitrogen and oxygen atoms in total. The SMILES string of the molecule is CC(C)(C)OC(=O)N1CCC[C@H]1C(=O)OCC(=O)Nc1cccc(F)c1. The Kier molecular flexibility index (Phi) is 6.18. The Balaban J connectivity index is 1.86. The lowest BCUT2D eigenvalue weighted by molar-refractivity contribution is -0.151. The molecule has 0 aliphatic carbocycles. The van der Waals surface area contributed by atoms with E-state index in [0.717, 1.165) is 6.07 Å². The van der Waals surface area contributed by atoms with Crippen molar-refractivity contribution in [1.29, 1.82) is 0 Å². The highest BCUT2D eigenvalue weighted by Crippen LogP contribution is 2.21. The van der Waals surface area contributed by atoms with Crippen molar-refractivity contribution in [1.82, 2.24) is 4.90 Å². The van der Waals surface area contributed by atoms with Crippen molar-refractivity contribution in [3.8, 4) is 0 Å². The second-order valence-corrected chi connectivity index (χ2v) is 7.00. The molecule has 1 aliphatic rings. The van der Waals surface area contributed by atoms with E-state index in [1.165, 1.54) is 23.1 Å². The standard InChI is InChI=1S/C18H23FN2O5/c1-18(2,3)26-17(24)21-9-5-8-14(21)16(23)25-11-15(22)20-13-7-4-6-12(19)10-13/h4,6-7,10,14H,5,8-9,11H2,1-3H3,(H,20,22)/t14-/m0/s1. The van der Waals surface area contributed by atoms with Crippen molar-refractivity contribution in [3.05, 3.63) is 30.1 Å². The lowest BCUT2D eigenvalue weighted by Crippen LogP contribution is -2.44. The number of anilines is 1. The number of likely N-dealkylation sites (tertiary alicyclic amines) is 1. The predicted octanol–water partition coefficient (Wildman–Crippen LogP) is 2.71. The second-order valence-electron chi connectivity index (χ2n) is 7.00. The predicted molar refractivity (Wildman–Crippen MR) is 92.0 cm³/mol. The molecule has 26 heavy (non-hydrogen) atoms. The minimum Gasteiger partial charge on any atom is -0.454 e. The number of esters is 1. The fourth-order valence-electron chi connectivity index (χ4n) is 2.55. The fourth-order valence-corrected chi connectivity index (χ4v) is 2.55. The molecular formula is C18H23FN2O5. The number of benzene rings is 1. The molecule has 0 radical (unpaired) electrons. The Morgan fingerprint density at radius 2 is 2.04 bits per heavy atom. The lowest BCUT2D eigenvalue weighted by Gasteiger charge is -2.27. The van der Waals surface area contributed by atoms with Gasteiger partial charge in [0.25, 0.3) is 5.91 Å². The summed E-state index contributed by atoms with van der Waals surface area (Å²) in [4.78, 5) is 37.5. The van der Waals surface area contributed by atoms with Gasteiger partial charge in [0.05, 0.1) is 0 Å². The smallest absolute Gasteiger partial charge is 0.411 e. The van der Waals surface area contributed by atoms with Crippen molar-refractivity contribution >= 4 is 23.7 Å². The minimum absolute atomic E-state index is 0.266. The summed E-state index contributed by atoms with van der Waals surface area (Å²) in [6.45, 7) is 5.10. The third kappa shape index (κ3) is 5.72. The first-order valence-corrected chi connectivity index (χ1v) is 8.37. The van der Waals surface area contributed by atoms with Gasteiger partial charge in [-0.15, -0.1) is 0 Å². The zero-order valence-corrected chi connectivity index (χ0v) is 15.1. The van der Waals surface area contributed by atoms with Crippen LogP contribution in [0.2, 0.25) is 0 Å². The van der Waals surface area contributed by atoms with Gasteiger partial charge in [0, 0.05) is 12.2 Å². The van der Waals surface area contributed by atoms with Gasteiger partial charge in [0.1, 0.15) is 17.5 Å². The number of carbonyl (C=O) groups is 3. The van der Waals surface area contributed by atoms with Crippen molar-refractivity contribution in [2.75, 3.05) is 18.5 Å². The van der Waals surface area contributed by atoms with Gasteiger partial charge in [-0.25, -0.2) is 14.0 Å². The van der Waals surface area contributed by atoms with Crippen LogP contribution in [0.1, 0.15) is 33.6 Å².